The molecule has 0 unspecified atom stereocenters. The molecule has 4 heteroatoms. The highest BCUT2D eigenvalue weighted by atomic mass is 16.2. The summed E-state index contributed by atoms with van der Waals surface area (Å²) in [5, 5.41) is 0. The average molecular weight is 264 g/mol. The van der Waals surface area contributed by atoms with Gasteiger partial charge in [0, 0.05) is 25.6 Å². The lowest BCUT2D eigenvalue weighted by molar-refractivity contribution is -0.144. The molecule has 0 aromatic carbocycles. The van der Waals surface area contributed by atoms with Gasteiger partial charge in [0.05, 0.1) is 0 Å². The molecule has 19 heavy (non-hydrogen) atoms. The number of hydrogen-bond acceptors (Lipinski definition) is 2. The smallest absolute Gasteiger partial charge is 0.245 e. The lowest BCUT2D eigenvalue weighted by Crippen LogP contribution is -2.48. The lowest BCUT2D eigenvalue weighted by atomic mass is 10.1. The number of likely N-dealkylation sites (tertiary alicyclic amines) is 1. The predicted molar refractivity (Wildman–Crippen MR) is 72.4 cm³/mol. The quantitative estimate of drug-likeness (QED) is 0.757. The molecule has 0 aromatic heterocycles. The Hall–Kier alpha value is -1.06. The monoisotopic (exact) mass is 264 g/mol. The maximum atomic E-state index is 12.6. The Morgan fingerprint density at radius 2 is 1.89 bits per heavy atom. The molecule has 4 nitrogen and oxygen atoms in total. The van der Waals surface area contributed by atoms with Gasteiger partial charge in [-0.15, -0.1) is 0 Å². The van der Waals surface area contributed by atoms with Crippen molar-refractivity contribution in [2.45, 2.75) is 51.5 Å². The highest BCUT2D eigenvalue weighted by Gasteiger charge is 2.42. The molecule has 0 N–H and O–H groups in total. The third-order valence-electron chi connectivity index (χ3n) is 4.62. The van der Waals surface area contributed by atoms with E-state index < -0.39 is 0 Å². The van der Waals surface area contributed by atoms with Crippen molar-refractivity contribution in [2.75, 3.05) is 19.6 Å². The first-order chi connectivity index (χ1) is 9.20. The van der Waals surface area contributed by atoms with Crippen LogP contribution in [0.5, 0.6) is 0 Å². The number of likely N-dealkylation sites (N-methyl/N-ethyl adjacent to an activating group) is 1. The molecular weight excluding hydrogens is 240 g/mol. The van der Waals surface area contributed by atoms with E-state index in [0.717, 1.165) is 51.2 Å². The fourth-order valence-corrected chi connectivity index (χ4v) is 3.05. The van der Waals surface area contributed by atoms with Crippen molar-refractivity contribution in [1.82, 2.24) is 9.80 Å². The van der Waals surface area contributed by atoms with E-state index in [1.807, 2.05) is 16.7 Å². The summed E-state index contributed by atoms with van der Waals surface area (Å²) in [7, 11) is 0. The molecule has 106 valence electrons. The Morgan fingerprint density at radius 3 is 2.47 bits per heavy atom. The Morgan fingerprint density at radius 1 is 1.16 bits per heavy atom. The zero-order valence-corrected chi connectivity index (χ0v) is 11.8. The van der Waals surface area contributed by atoms with Gasteiger partial charge in [-0.25, -0.2) is 0 Å². The summed E-state index contributed by atoms with van der Waals surface area (Å²) in [5.41, 5.74) is 0. The fraction of sp³-hybridized carbons (Fsp3) is 0.867. The molecule has 0 radical (unpaired) electrons. The first-order valence-electron chi connectivity index (χ1n) is 7.80. The molecule has 0 bridgehead atoms. The number of rotatable bonds is 5. The Labute approximate surface area is 115 Å². The van der Waals surface area contributed by atoms with E-state index >= 15 is 0 Å². The highest BCUT2D eigenvalue weighted by molar-refractivity contribution is 5.90. The molecule has 2 aliphatic carbocycles. The van der Waals surface area contributed by atoms with Crippen molar-refractivity contribution in [1.29, 1.82) is 0 Å². The van der Waals surface area contributed by atoms with Crippen LogP contribution in [0.1, 0.15) is 45.4 Å². The van der Waals surface area contributed by atoms with Crippen LogP contribution < -0.4 is 0 Å². The zero-order chi connectivity index (χ0) is 13.4. The molecular formula is C15H24N2O2. The predicted octanol–water partition coefficient (Wildman–Crippen LogP) is 1.65. The summed E-state index contributed by atoms with van der Waals surface area (Å²) >= 11 is 0. The van der Waals surface area contributed by atoms with Gasteiger partial charge in [-0.3, -0.25) is 9.59 Å². The molecule has 3 fully saturated rings. The van der Waals surface area contributed by atoms with Gasteiger partial charge in [0.2, 0.25) is 11.8 Å². The summed E-state index contributed by atoms with van der Waals surface area (Å²) in [6.07, 6.45) is 6.41. The average Bonchev–Trinajstić information content (AvgIpc) is 3.33. The van der Waals surface area contributed by atoms with Crippen molar-refractivity contribution < 1.29 is 9.59 Å². The van der Waals surface area contributed by atoms with Crippen LogP contribution in [0.2, 0.25) is 0 Å². The molecule has 2 saturated carbocycles. The fourth-order valence-electron chi connectivity index (χ4n) is 3.05. The molecule has 1 saturated heterocycles. The second kappa shape index (κ2) is 5.14. The van der Waals surface area contributed by atoms with Crippen molar-refractivity contribution >= 4 is 11.8 Å². The topological polar surface area (TPSA) is 40.6 Å². The molecule has 1 heterocycles. The standard InChI is InChI=1S/C15H24N2O2/c1-2-16(10-11-5-6-11)15(19)13-4-3-9-17(13)14(18)12-7-8-12/h11-13H,2-10H2,1H3/t13-/m1/s1. The maximum Gasteiger partial charge on any atom is 0.245 e. The Balaban J connectivity index is 1.64. The number of carbonyl (C=O) groups excluding carboxylic acids is 2. The molecule has 0 spiro atoms. The van der Waals surface area contributed by atoms with Gasteiger partial charge in [0.1, 0.15) is 6.04 Å². The van der Waals surface area contributed by atoms with Crippen molar-refractivity contribution in [2.24, 2.45) is 11.8 Å². The first kappa shape index (κ1) is 12.9. The second-order valence-electron chi connectivity index (χ2n) is 6.28. The van der Waals surface area contributed by atoms with Gasteiger partial charge in [-0.1, -0.05) is 0 Å². The summed E-state index contributed by atoms with van der Waals surface area (Å²) in [5.74, 6) is 1.38. The van der Waals surface area contributed by atoms with E-state index in [1.165, 1.54) is 12.8 Å². The van der Waals surface area contributed by atoms with Gasteiger partial charge in [0.15, 0.2) is 0 Å². The SMILES string of the molecule is CCN(CC1CC1)C(=O)[C@H]1CCCN1C(=O)C1CC1. The maximum absolute atomic E-state index is 12.6. The minimum Gasteiger partial charge on any atom is -0.341 e. The van der Waals surface area contributed by atoms with Crippen LogP contribution in [0.25, 0.3) is 0 Å². The van der Waals surface area contributed by atoms with Crippen LogP contribution in [-0.2, 0) is 9.59 Å². The van der Waals surface area contributed by atoms with Gasteiger partial charge < -0.3 is 9.80 Å². The normalized spacial score (nSPS) is 26.6. The van der Waals surface area contributed by atoms with E-state index in [2.05, 4.69) is 0 Å². The molecule has 2 amide bonds. The molecule has 3 aliphatic rings. The van der Waals surface area contributed by atoms with E-state index in [9.17, 15) is 9.59 Å². The van der Waals surface area contributed by atoms with Crippen LogP contribution >= 0.6 is 0 Å². The number of hydrogen-bond donors (Lipinski definition) is 0. The van der Waals surface area contributed by atoms with Crippen LogP contribution in [0.3, 0.4) is 0 Å². The van der Waals surface area contributed by atoms with Gasteiger partial charge in [-0.2, -0.15) is 0 Å². The molecule has 1 atom stereocenters. The third-order valence-corrected chi connectivity index (χ3v) is 4.62. The first-order valence-corrected chi connectivity index (χ1v) is 7.80. The lowest BCUT2D eigenvalue weighted by Gasteiger charge is -2.30. The van der Waals surface area contributed by atoms with E-state index in [1.54, 1.807) is 0 Å². The third kappa shape index (κ3) is 2.77. The van der Waals surface area contributed by atoms with E-state index in [-0.39, 0.29) is 23.8 Å². The van der Waals surface area contributed by atoms with E-state index in [4.69, 9.17) is 0 Å². The minimum atomic E-state index is -0.160. The van der Waals surface area contributed by atoms with Gasteiger partial charge in [-0.05, 0) is 51.4 Å². The molecule has 0 aromatic rings. The minimum absolute atomic E-state index is 0.160. The number of carbonyl (C=O) groups is 2. The summed E-state index contributed by atoms with van der Waals surface area (Å²) < 4.78 is 0. The number of amides is 2. The number of nitrogens with zero attached hydrogens (tertiary/aromatic N) is 2. The second-order valence-corrected chi connectivity index (χ2v) is 6.28. The molecule has 3 rings (SSSR count). The van der Waals surface area contributed by atoms with Crippen LogP contribution in [0.15, 0.2) is 0 Å². The van der Waals surface area contributed by atoms with Crippen LogP contribution in [-0.4, -0.2) is 47.3 Å². The summed E-state index contributed by atoms with van der Waals surface area (Å²) in [4.78, 5) is 28.7. The Kier molecular flexibility index (Phi) is 3.50. The van der Waals surface area contributed by atoms with Gasteiger partial charge >= 0.3 is 0 Å². The van der Waals surface area contributed by atoms with Crippen LogP contribution in [0, 0.1) is 11.8 Å². The summed E-state index contributed by atoms with van der Waals surface area (Å²) in [6.45, 7) is 4.50. The zero-order valence-electron chi connectivity index (χ0n) is 11.8. The Bertz CT molecular complexity index is 374. The van der Waals surface area contributed by atoms with E-state index in [0.29, 0.717) is 0 Å². The summed E-state index contributed by atoms with van der Waals surface area (Å²) in [6, 6.07) is -0.160. The largest absolute Gasteiger partial charge is 0.341 e. The van der Waals surface area contributed by atoms with Crippen molar-refractivity contribution in [3.63, 3.8) is 0 Å². The van der Waals surface area contributed by atoms with Gasteiger partial charge in [0.25, 0.3) is 0 Å². The van der Waals surface area contributed by atoms with Crippen molar-refractivity contribution in [3.8, 4) is 0 Å². The molecule has 1 aliphatic heterocycles. The highest BCUT2D eigenvalue weighted by Crippen LogP contribution is 2.34. The van der Waals surface area contributed by atoms with Crippen molar-refractivity contribution in [3.05, 3.63) is 0 Å². The van der Waals surface area contributed by atoms with Crippen LogP contribution in [0.4, 0.5) is 0 Å².